The van der Waals surface area contributed by atoms with Gasteiger partial charge in [0.1, 0.15) is 11.5 Å². The lowest BCUT2D eigenvalue weighted by atomic mass is 10.2. The van der Waals surface area contributed by atoms with E-state index >= 15 is 0 Å². The van der Waals surface area contributed by atoms with Crippen LogP contribution in [-0.2, 0) is 17.1 Å². The highest BCUT2D eigenvalue weighted by atomic mass is 35.5. The first-order valence-corrected chi connectivity index (χ1v) is 12.3. The predicted octanol–water partition coefficient (Wildman–Crippen LogP) is 5.23. The SMILES string of the molecule is COc1cccc(CSc2nnc(CNC(=O)COc3ccccc3)n2-c2cc(Cl)ccc2C)c1. The molecule has 0 aliphatic heterocycles. The quantitative estimate of drug-likeness (QED) is 0.296. The molecule has 0 saturated carbocycles. The molecule has 0 aliphatic rings. The van der Waals surface area contributed by atoms with E-state index in [9.17, 15) is 4.79 Å². The number of hydrogen-bond acceptors (Lipinski definition) is 6. The van der Waals surface area contributed by atoms with Gasteiger partial charge in [-0.05, 0) is 54.4 Å². The van der Waals surface area contributed by atoms with Crippen LogP contribution in [-0.4, -0.2) is 34.4 Å². The van der Waals surface area contributed by atoms with Crippen molar-refractivity contribution in [3.8, 4) is 17.2 Å². The smallest absolute Gasteiger partial charge is 0.258 e. The predicted molar refractivity (Wildman–Crippen MR) is 137 cm³/mol. The van der Waals surface area contributed by atoms with Crippen molar-refractivity contribution in [2.24, 2.45) is 0 Å². The molecule has 3 aromatic carbocycles. The largest absolute Gasteiger partial charge is 0.497 e. The number of ether oxygens (including phenoxy) is 2. The highest BCUT2D eigenvalue weighted by molar-refractivity contribution is 7.98. The Kier molecular flexibility index (Phi) is 8.28. The summed E-state index contributed by atoms with van der Waals surface area (Å²) in [6, 6.07) is 22.8. The van der Waals surface area contributed by atoms with Gasteiger partial charge in [-0.15, -0.1) is 10.2 Å². The van der Waals surface area contributed by atoms with Gasteiger partial charge in [0.2, 0.25) is 0 Å². The molecule has 0 aliphatic carbocycles. The van der Waals surface area contributed by atoms with Crippen LogP contribution in [0, 0.1) is 6.92 Å². The van der Waals surface area contributed by atoms with Crippen LogP contribution in [0.25, 0.3) is 5.69 Å². The van der Waals surface area contributed by atoms with Crippen molar-refractivity contribution in [2.75, 3.05) is 13.7 Å². The van der Waals surface area contributed by atoms with E-state index in [1.807, 2.05) is 72.2 Å². The second-order valence-electron chi connectivity index (χ2n) is 7.68. The van der Waals surface area contributed by atoms with E-state index in [4.69, 9.17) is 21.1 Å². The molecular weight excluding hydrogens is 484 g/mol. The Balaban J connectivity index is 1.51. The van der Waals surface area contributed by atoms with E-state index < -0.39 is 0 Å². The Bertz CT molecular complexity index is 1300. The fraction of sp³-hybridized carbons (Fsp3) is 0.192. The maximum Gasteiger partial charge on any atom is 0.258 e. The number of aryl methyl sites for hydroxylation is 1. The fourth-order valence-corrected chi connectivity index (χ4v) is 4.45. The van der Waals surface area contributed by atoms with Crippen molar-refractivity contribution in [3.05, 3.63) is 94.8 Å². The molecule has 0 fully saturated rings. The van der Waals surface area contributed by atoms with Crippen LogP contribution in [0.3, 0.4) is 0 Å². The van der Waals surface area contributed by atoms with E-state index in [0.717, 1.165) is 22.6 Å². The number of rotatable bonds is 10. The number of thioether (sulfide) groups is 1. The number of methoxy groups -OCH3 is 1. The number of carbonyl (C=O) groups is 1. The van der Waals surface area contributed by atoms with Crippen molar-refractivity contribution in [3.63, 3.8) is 0 Å². The van der Waals surface area contributed by atoms with E-state index in [2.05, 4.69) is 15.5 Å². The van der Waals surface area contributed by atoms with Crippen LogP contribution in [0.2, 0.25) is 5.02 Å². The molecule has 35 heavy (non-hydrogen) atoms. The topological polar surface area (TPSA) is 78.3 Å². The Morgan fingerprint density at radius 3 is 2.63 bits per heavy atom. The van der Waals surface area contributed by atoms with E-state index in [1.54, 1.807) is 31.0 Å². The number of halogens is 1. The van der Waals surface area contributed by atoms with Crippen LogP contribution in [0.1, 0.15) is 17.0 Å². The first kappa shape index (κ1) is 24.6. The molecule has 4 aromatic rings. The number of nitrogens with one attached hydrogen (secondary N) is 1. The minimum Gasteiger partial charge on any atom is -0.497 e. The normalized spacial score (nSPS) is 10.7. The number of amides is 1. The number of benzene rings is 3. The van der Waals surface area contributed by atoms with E-state index in [-0.39, 0.29) is 19.1 Å². The van der Waals surface area contributed by atoms with Gasteiger partial charge in [0.25, 0.3) is 5.91 Å². The average Bonchev–Trinajstić information content (AvgIpc) is 3.29. The molecule has 1 amide bonds. The number of hydrogen-bond donors (Lipinski definition) is 1. The summed E-state index contributed by atoms with van der Waals surface area (Å²) >= 11 is 7.86. The van der Waals surface area contributed by atoms with Gasteiger partial charge < -0.3 is 14.8 Å². The van der Waals surface area contributed by atoms with E-state index in [0.29, 0.717) is 27.5 Å². The molecule has 0 radical (unpaired) electrons. The first-order chi connectivity index (χ1) is 17.0. The van der Waals surface area contributed by atoms with Gasteiger partial charge in [-0.3, -0.25) is 9.36 Å². The van der Waals surface area contributed by atoms with Crippen LogP contribution >= 0.6 is 23.4 Å². The maximum atomic E-state index is 12.4. The van der Waals surface area contributed by atoms with Crippen molar-refractivity contribution >= 4 is 29.3 Å². The molecule has 180 valence electrons. The molecule has 0 bridgehead atoms. The second kappa shape index (κ2) is 11.8. The van der Waals surface area contributed by atoms with Crippen LogP contribution in [0.4, 0.5) is 0 Å². The standard InChI is InChI=1S/C26H25ClN4O3S/c1-18-11-12-20(27)14-23(18)31-24(15-28-25(32)16-34-21-8-4-3-5-9-21)29-30-26(31)35-17-19-7-6-10-22(13-19)33-2/h3-14H,15-17H2,1-2H3,(H,28,32). The van der Waals surface area contributed by atoms with Crippen molar-refractivity contribution in [1.82, 2.24) is 20.1 Å². The van der Waals surface area contributed by atoms with Gasteiger partial charge in [-0.25, -0.2) is 0 Å². The lowest BCUT2D eigenvalue weighted by Crippen LogP contribution is -2.29. The minimum absolute atomic E-state index is 0.0915. The lowest BCUT2D eigenvalue weighted by molar-refractivity contribution is -0.123. The average molecular weight is 509 g/mol. The fourth-order valence-electron chi connectivity index (χ4n) is 3.38. The number of carbonyl (C=O) groups excluding carboxylic acids is 1. The molecule has 1 heterocycles. The minimum atomic E-state index is -0.253. The summed E-state index contributed by atoms with van der Waals surface area (Å²) < 4.78 is 12.8. The monoisotopic (exact) mass is 508 g/mol. The third-order valence-corrected chi connectivity index (χ3v) is 6.41. The van der Waals surface area contributed by atoms with Gasteiger partial charge in [0.15, 0.2) is 17.6 Å². The maximum absolute atomic E-state index is 12.4. The zero-order chi connectivity index (χ0) is 24.6. The zero-order valence-electron chi connectivity index (χ0n) is 19.4. The summed E-state index contributed by atoms with van der Waals surface area (Å²) in [5.74, 6) is 2.45. The molecule has 0 spiro atoms. The Morgan fingerprint density at radius 2 is 1.83 bits per heavy atom. The van der Waals surface area contributed by atoms with Gasteiger partial charge in [-0.1, -0.05) is 59.8 Å². The summed E-state index contributed by atoms with van der Waals surface area (Å²) in [6.45, 7) is 2.10. The van der Waals surface area contributed by atoms with Crippen LogP contribution in [0.5, 0.6) is 11.5 Å². The van der Waals surface area contributed by atoms with Crippen LogP contribution in [0.15, 0.2) is 78.0 Å². The highest BCUT2D eigenvalue weighted by Gasteiger charge is 2.18. The van der Waals surface area contributed by atoms with Gasteiger partial charge in [0, 0.05) is 10.8 Å². The molecule has 4 rings (SSSR count). The third-order valence-electron chi connectivity index (χ3n) is 5.17. The molecule has 9 heteroatoms. The number of aromatic nitrogens is 3. The molecule has 7 nitrogen and oxygen atoms in total. The third kappa shape index (κ3) is 6.55. The Hall–Kier alpha value is -3.49. The first-order valence-electron chi connectivity index (χ1n) is 10.9. The van der Waals surface area contributed by atoms with Crippen molar-refractivity contribution < 1.29 is 14.3 Å². The molecule has 1 aromatic heterocycles. The summed E-state index contributed by atoms with van der Waals surface area (Å²) in [5.41, 5.74) is 2.97. The summed E-state index contributed by atoms with van der Waals surface area (Å²) in [5, 5.41) is 13.0. The van der Waals surface area contributed by atoms with Crippen LogP contribution < -0.4 is 14.8 Å². The van der Waals surface area contributed by atoms with Gasteiger partial charge in [-0.2, -0.15) is 0 Å². The Morgan fingerprint density at radius 1 is 1.03 bits per heavy atom. The number of para-hydroxylation sites is 1. The van der Waals surface area contributed by atoms with E-state index in [1.165, 1.54) is 0 Å². The lowest BCUT2D eigenvalue weighted by Gasteiger charge is -2.14. The molecule has 1 N–H and O–H groups in total. The molecule has 0 saturated heterocycles. The number of nitrogens with zero attached hydrogens (tertiary/aromatic N) is 3. The molecule has 0 unspecified atom stereocenters. The van der Waals surface area contributed by atoms with Crippen molar-refractivity contribution in [2.45, 2.75) is 24.4 Å². The van der Waals surface area contributed by atoms with Gasteiger partial charge in [0.05, 0.1) is 19.3 Å². The molecular formula is C26H25ClN4O3S. The van der Waals surface area contributed by atoms with Gasteiger partial charge >= 0.3 is 0 Å². The van der Waals surface area contributed by atoms with Crippen molar-refractivity contribution in [1.29, 1.82) is 0 Å². The highest BCUT2D eigenvalue weighted by Crippen LogP contribution is 2.29. The zero-order valence-corrected chi connectivity index (χ0v) is 21.0. The summed E-state index contributed by atoms with van der Waals surface area (Å²) in [6.07, 6.45) is 0. The second-order valence-corrected chi connectivity index (χ2v) is 9.06. The summed E-state index contributed by atoms with van der Waals surface area (Å²) in [7, 11) is 1.65. The molecule has 0 atom stereocenters. The summed E-state index contributed by atoms with van der Waals surface area (Å²) in [4.78, 5) is 12.4. The Labute approximate surface area is 213 Å².